The van der Waals surface area contributed by atoms with Crippen molar-refractivity contribution < 1.29 is 9.72 Å². The minimum absolute atomic E-state index is 0.0276. The fourth-order valence-corrected chi connectivity index (χ4v) is 1.45. The lowest BCUT2D eigenvalue weighted by molar-refractivity contribution is -0.385. The first kappa shape index (κ1) is 13.9. The molecule has 1 aromatic rings. The molecule has 0 aliphatic rings. The SMILES string of the molecule is CCN(CC)C(=O)CNc1ccc([N+](=O)[O-])cn1. The van der Waals surface area contributed by atoms with Crippen molar-refractivity contribution in [2.75, 3.05) is 25.0 Å². The zero-order valence-corrected chi connectivity index (χ0v) is 10.4. The number of nitrogens with one attached hydrogen (secondary N) is 1. The van der Waals surface area contributed by atoms with E-state index >= 15 is 0 Å². The lowest BCUT2D eigenvalue weighted by Gasteiger charge is -2.18. The second-order valence-electron chi connectivity index (χ2n) is 3.58. The number of carbonyl (C=O) groups is 1. The number of rotatable bonds is 6. The van der Waals surface area contributed by atoms with Gasteiger partial charge in [0.1, 0.15) is 12.0 Å². The molecule has 1 N–H and O–H groups in total. The van der Waals surface area contributed by atoms with E-state index < -0.39 is 4.92 Å². The molecule has 7 nitrogen and oxygen atoms in total. The van der Waals surface area contributed by atoms with Crippen LogP contribution in [0.5, 0.6) is 0 Å². The van der Waals surface area contributed by atoms with E-state index in [1.807, 2.05) is 13.8 Å². The van der Waals surface area contributed by atoms with Crippen molar-refractivity contribution in [1.82, 2.24) is 9.88 Å². The Morgan fingerprint density at radius 2 is 2.11 bits per heavy atom. The number of nitrogens with zero attached hydrogens (tertiary/aromatic N) is 3. The van der Waals surface area contributed by atoms with E-state index in [1.165, 1.54) is 12.1 Å². The number of hydrogen-bond donors (Lipinski definition) is 1. The van der Waals surface area contributed by atoms with Crippen LogP contribution in [0.25, 0.3) is 0 Å². The molecule has 0 atom stereocenters. The molecule has 1 heterocycles. The summed E-state index contributed by atoms with van der Waals surface area (Å²) in [6.45, 7) is 5.26. The Bertz CT molecular complexity index is 415. The molecule has 0 unspecified atom stereocenters. The monoisotopic (exact) mass is 252 g/mol. The van der Waals surface area contributed by atoms with Crippen molar-refractivity contribution in [3.05, 3.63) is 28.4 Å². The molecule has 0 saturated carbocycles. The molecule has 0 saturated heterocycles. The number of anilines is 1. The Hall–Kier alpha value is -2.18. The van der Waals surface area contributed by atoms with E-state index in [-0.39, 0.29) is 18.1 Å². The van der Waals surface area contributed by atoms with Crippen molar-refractivity contribution in [3.63, 3.8) is 0 Å². The van der Waals surface area contributed by atoms with Crippen molar-refractivity contribution in [2.24, 2.45) is 0 Å². The zero-order valence-electron chi connectivity index (χ0n) is 10.4. The predicted octanol–water partition coefficient (Wildman–Crippen LogP) is 1.27. The van der Waals surface area contributed by atoms with Crippen molar-refractivity contribution in [2.45, 2.75) is 13.8 Å². The summed E-state index contributed by atoms with van der Waals surface area (Å²) in [5.74, 6) is 0.418. The summed E-state index contributed by atoms with van der Waals surface area (Å²) >= 11 is 0. The summed E-state index contributed by atoms with van der Waals surface area (Å²) in [6, 6.07) is 2.82. The molecule has 0 aliphatic carbocycles. The summed E-state index contributed by atoms with van der Waals surface area (Å²) in [6.07, 6.45) is 1.16. The maximum absolute atomic E-state index is 11.7. The Balaban J connectivity index is 2.53. The second kappa shape index (κ2) is 6.53. The molecular formula is C11H16N4O3. The quantitative estimate of drug-likeness (QED) is 0.608. The van der Waals surface area contributed by atoms with Crippen LogP contribution in [0.4, 0.5) is 11.5 Å². The largest absolute Gasteiger partial charge is 0.361 e. The average Bonchev–Trinajstić information content (AvgIpc) is 2.38. The first-order chi connectivity index (χ1) is 8.58. The molecular weight excluding hydrogens is 236 g/mol. The fourth-order valence-electron chi connectivity index (χ4n) is 1.45. The number of aromatic nitrogens is 1. The van der Waals surface area contributed by atoms with Gasteiger partial charge in [-0.05, 0) is 19.9 Å². The van der Waals surface area contributed by atoms with E-state index in [4.69, 9.17) is 0 Å². The molecule has 1 amide bonds. The van der Waals surface area contributed by atoms with Crippen molar-refractivity contribution >= 4 is 17.4 Å². The molecule has 0 fully saturated rings. The van der Waals surface area contributed by atoms with E-state index in [9.17, 15) is 14.9 Å². The Morgan fingerprint density at radius 1 is 1.44 bits per heavy atom. The van der Waals surface area contributed by atoms with Crippen LogP contribution in [-0.2, 0) is 4.79 Å². The number of amides is 1. The predicted molar refractivity (Wildman–Crippen MR) is 67.3 cm³/mol. The summed E-state index contributed by atoms with van der Waals surface area (Å²) in [7, 11) is 0. The van der Waals surface area contributed by atoms with E-state index in [2.05, 4.69) is 10.3 Å². The highest BCUT2D eigenvalue weighted by Gasteiger charge is 2.10. The zero-order chi connectivity index (χ0) is 13.5. The highest BCUT2D eigenvalue weighted by atomic mass is 16.6. The van der Waals surface area contributed by atoms with Crippen molar-refractivity contribution in [1.29, 1.82) is 0 Å². The van der Waals surface area contributed by atoms with E-state index in [0.717, 1.165) is 6.20 Å². The highest BCUT2D eigenvalue weighted by molar-refractivity contribution is 5.80. The third kappa shape index (κ3) is 3.69. The van der Waals surface area contributed by atoms with Gasteiger partial charge in [-0.25, -0.2) is 4.98 Å². The Kier molecular flexibility index (Phi) is 5.04. The third-order valence-corrected chi connectivity index (χ3v) is 2.50. The molecule has 0 aliphatic heterocycles. The summed E-state index contributed by atoms with van der Waals surface area (Å²) in [4.78, 5) is 27.1. The van der Waals surface area contributed by atoms with Crippen LogP contribution in [0.15, 0.2) is 18.3 Å². The fraction of sp³-hybridized carbons (Fsp3) is 0.455. The van der Waals surface area contributed by atoms with Gasteiger partial charge in [0.05, 0.1) is 11.5 Å². The Labute approximate surface area is 105 Å². The van der Waals surface area contributed by atoms with Gasteiger partial charge in [0, 0.05) is 19.2 Å². The molecule has 1 aromatic heterocycles. The normalized spacial score (nSPS) is 9.89. The van der Waals surface area contributed by atoms with Gasteiger partial charge in [0.2, 0.25) is 5.91 Å². The third-order valence-electron chi connectivity index (χ3n) is 2.50. The minimum atomic E-state index is -0.516. The van der Waals surface area contributed by atoms with Gasteiger partial charge in [-0.15, -0.1) is 0 Å². The van der Waals surface area contributed by atoms with E-state index in [0.29, 0.717) is 18.9 Å². The number of carbonyl (C=O) groups excluding carboxylic acids is 1. The average molecular weight is 252 g/mol. The number of pyridine rings is 1. The van der Waals surface area contributed by atoms with Gasteiger partial charge in [0.25, 0.3) is 5.69 Å². The van der Waals surface area contributed by atoms with Crippen LogP contribution >= 0.6 is 0 Å². The summed E-state index contributed by atoms with van der Waals surface area (Å²) in [5.41, 5.74) is -0.0735. The van der Waals surface area contributed by atoms with Gasteiger partial charge < -0.3 is 10.2 Å². The Morgan fingerprint density at radius 3 is 2.56 bits per heavy atom. The van der Waals surface area contributed by atoms with Crippen LogP contribution in [0, 0.1) is 10.1 Å². The lowest BCUT2D eigenvalue weighted by atomic mass is 10.4. The molecule has 0 bridgehead atoms. The van der Waals surface area contributed by atoms with Gasteiger partial charge in [0.15, 0.2) is 0 Å². The second-order valence-corrected chi connectivity index (χ2v) is 3.58. The molecule has 0 spiro atoms. The minimum Gasteiger partial charge on any atom is -0.361 e. The molecule has 1 rings (SSSR count). The van der Waals surface area contributed by atoms with Crippen LogP contribution < -0.4 is 5.32 Å². The highest BCUT2D eigenvalue weighted by Crippen LogP contribution is 2.11. The molecule has 18 heavy (non-hydrogen) atoms. The standard InChI is InChI=1S/C11H16N4O3/c1-3-14(4-2)11(16)8-13-10-6-5-9(7-12-10)15(17)18/h5-7H,3-4,8H2,1-2H3,(H,12,13). The van der Waals surface area contributed by atoms with Crippen LogP contribution in [0.1, 0.15) is 13.8 Å². The number of hydrogen-bond acceptors (Lipinski definition) is 5. The van der Waals surface area contributed by atoms with Crippen molar-refractivity contribution in [3.8, 4) is 0 Å². The molecule has 0 radical (unpaired) electrons. The van der Waals surface area contributed by atoms with Gasteiger partial charge >= 0.3 is 0 Å². The maximum atomic E-state index is 11.7. The first-order valence-electron chi connectivity index (χ1n) is 5.70. The number of nitro groups is 1. The lowest BCUT2D eigenvalue weighted by Crippen LogP contribution is -2.35. The molecule has 7 heteroatoms. The topological polar surface area (TPSA) is 88.4 Å². The summed E-state index contributed by atoms with van der Waals surface area (Å²) in [5, 5.41) is 13.3. The van der Waals surface area contributed by atoms with Crippen LogP contribution in [-0.4, -0.2) is 40.3 Å². The van der Waals surface area contributed by atoms with Crippen LogP contribution in [0.3, 0.4) is 0 Å². The molecule has 98 valence electrons. The van der Waals surface area contributed by atoms with Crippen LogP contribution in [0.2, 0.25) is 0 Å². The number of likely N-dealkylation sites (N-methyl/N-ethyl adjacent to an activating group) is 1. The first-order valence-corrected chi connectivity index (χ1v) is 5.70. The smallest absolute Gasteiger partial charge is 0.287 e. The van der Waals surface area contributed by atoms with Gasteiger partial charge in [-0.2, -0.15) is 0 Å². The summed E-state index contributed by atoms with van der Waals surface area (Å²) < 4.78 is 0. The van der Waals surface area contributed by atoms with Gasteiger partial charge in [-0.1, -0.05) is 0 Å². The maximum Gasteiger partial charge on any atom is 0.287 e. The van der Waals surface area contributed by atoms with E-state index in [1.54, 1.807) is 4.90 Å². The molecule has 0 aromatic carbocycles. The van der Waals surface area contributed by atoms with Gasteiger partial charge in [-0.3, -0.25) is 14.9 Å².